The van der Waals surface area contributed by atoms with Crippen LogP contribution in [0.2, 0.25) is 0 Å². The number of rotatable bonds is 9. The van der Waals surface area contributed by atoms with E-state index in [9.17, 15) is 14.4 Å². The molecule has 0 spiro atoms. The van der Waals surface area contributed by atoms with E-state index in [0.29, 0.717) is 29.4 Å². The van der Waals surface area contributed by atoms with E-state index in [1.807, 2.05) is 0 Å². The maximum atomic E-state index is 13.5. The quantitative estimate of drug-likeness (QED) is 0.385. The van der Waals surface area contributed by atoms with Gasteiger partial charge >= 0.3 is 5.97 Å². The Balaban J connectivity index is 2.00. The van der Waals surface area contributed by atoms with Gasteiger partial charge in [0.1, 0.15) is 11.3 Å². The molecule has 0 aliphatic heterocycles. The Labute approximate surface area is 195 Å². The number of Topliss-reactive ketones (excluding diaryl/α,β-unsaturated/α-hetero) is 1. The van der Waals surface area contributed by atoms with E-state index < -0.39 is 5.97 Å². The minimum atomic E-state index is -0.546. The van der Waals surface area contributed by atoms with Gasteiger partial charge in [0.05, 0.1) is 19.8 Å². The van der Waals surface area contributed by atoms with Crippen molar-refractivity contribution in [3.63, 3.8) is 0 Å². The van der Waals surface area contributed by atoms with Crippen LogP contribution in [0.1, 0.15) is 67.2 Å². The van der Waals surface area contributed by atoms with E-state index >= 15 is 0 Å². The van der Waals surface area contributed by atoms with Crippen LogP contribution in [-0.2, 0) is 14.3 Å². The third kappa shape index (κ3) is 5.90. The molecule has 33 heavy (non-hydrogen) atoms. The van der Waals surface area contributed by atoms with Crippen molar-refractivity contribution in [2.45, 2.75) is 46.5 Å². The Hall–Kier alpha value is -2.93. The zero-order valence-corrected chi connectivity index (χ0v) is 19.9. The topological polar surface area (TPSA) is 86.1 Å². The van der Waals surface area contributed by atoms with Crippen molar-refractivity contribution in [2.75, 3.05) is 31.8 Å². The number of hydrogen-bond acceptors (Lipinski definition) is 6. The van der Waals surface area contributed by atoms with Gasteiger partial charge in [-0.25, -0.2) is 4.79 Å². The fourth-order valence-electron chi connectivity index (χ4n) is 4.17. The smallest absolute Gasteiger partial charge is 0.343 e. The molecule has 0 bridgehead atoms. The maximum Gasteiger partial charge on any atom is 0.343 e. The van der Waals surface area contributed by atoms with Gasteiger partial charge < -0.3 is 13.9 Å². The molecule has 1 amide bonds. The SMILES string of the molecule is CCOC(=O)c1cc(-c2ccc(C(C)=O)cc2)oc1N(CCOC)C(=O)C1CCC(C)CC1. The number of anilines is 1. The lowest BCUT2D eigenvalue weighted by atomic mass is 9.82. The van der Waals surface area contributed by atoms with Gasteiger partial charge in [-0.15, -0.1) is 0 Å². The molecule has 1 heterocycles. The van der Waals surface area contributed by atoms with Gasteiger partial charge in [0.25, 0.3) is 0 Å². The molecule has 0 N–H and O–H groups in total. The van der Waals surface area contributed by atoms with Gasteiger partial charge in [0, 0.05) is 30.2 Å². The van der Waals surface area contributed by atoms with E-state index in [-0.39, 0.29) is 42.2 Å². The van der Waals surface area contributed by atoms with Crippen molar-refractivity contribution in [1.82, 2.24) is 0 Å². The molecule has 1 aliphatic carbocycles. The molecule has 7 nitrogen and oxygen atoms in total. The Morgan fingerprint density at radius 1 is 1.09 bits per heavy atom. The summed E-state index contributed by atoms with van der Waals surface area (Å²) in [6.45, 7) is 6.22. The van der Waals surface area contributed by atoms with Crippen LogP contribution >= 0.6 is 0 Å². The minimum absolute atomic E-state index is 0.0352. The number of hydrogen-bond donors (Lipinski definition) is 0. The Bertz CT molecular complexity index is 969. The molecule has 1 aromatic carbocycles. The lowest BCUT2D eigenvalue weighted by molar-refractivity contribution is -0.123. The summed E-state index contributed by atoms with van der Waals surface area (Å²) < 4.78 is 16.6. The van der Waals surface area contributed by atoms with E-state index in [0.717, 1.165) is 25.7 Å². The summed E-state index contributed by atoms with van der Waals surface area (Å²) in [4.78, 5) is 39.4. The van der Waals surface area contributed by atoms with Gasteiger partial charge in [0.15, 0.2) is 5.78 Å². The summed E-state index contributed by atoms with van der Waals surface area (Å²) in [6.07, 6.45) is 3.65. The van der Waals surface area contributed by atoms with Gasteiger partial charge in [-0.3, -0.25) is 14.5 Å². The summed E-state index contributed by atoms with van der Waals surface area (Å²) >= 11 is 0. The predicted molar refractivity (Wildman–Crippen MR) is 125 cm³/mol. The number of nitrogens with zero attached hydrogens (tertiary/aromatic N) is 1. The van der Waals surface area contributed by atoms with Gasteiger partial charge in [-0.05, 0) is 45.4 Å². The molecule has 0 radical (unpaired) electrons. The second-order valence-corrected chi connectivity index (χ2v) is 8.62. The largest absolute Gasteiger partial charge is 0.462 e. The van der Waals surface area contributed by atoms with E-state index in [1.165, 1.54) is 11.8 Å². The second kappa shape index (κ2) is 11.3. The number of amides is 1. The summed E-state index contributed by atoms with van der Waals surface area (Å²) in [5.41, 5.74) is 1.48. The summed E-state index contributed by atoms with van der Waals surface area (Å²) in [5.74, 6) is 0.469. The van der Waals surface area contributed by atoms with E-state index in [4.69, 9.17) is 13.9 Å². The van der Waals surface area contributed by atoms with Crippen LogP contribution in [0.5, 0.6) is 0 Å². The molecule has 1 aromatic heterocycles. The first-order chi connectivity index (χ1) is 15.8. The molecular weight excluding hydrogens is 422 g/mol. The van der Waals surface area contributed by atoms with Crippen LogP contribution in [0.3, 0.4) is 0 Å². The fourth-order valence-corrected chi connectivity index (χ4v) is 4.17. The molecule has 178 valence electrons. The Morgan fingerprint density at radius 3 is 2.33 bits per heavy atom. The lowest BCUT2D eigenvalue weighted by Gasteiger charge is -2.30. The van der Waals surface area contributed by atoms with Crippen molar-refractivity contribution in [2.24, 2.45) is 11.8 Å². The van der Waals surface area contributed by atoms with Crippen LogP contribution in [0.4, 0.5) is 5.88 Å². The maximum absolute atomic E-state index is 13.5. The first-order valence-electron chi connectivity index (χ1n) is 11.6. The first-order valence-corrected chi connectivity index (χ1v) is 11.6. The summed E-state index contributed by atoms with van der Waals surface area (Å²) in [7, 11) is 1.57. The number of esters is 1. The molecule has 2 aromatic rings. The molecule has 7 heteroatoms. The average molecular weight is 456 g/mol. The number of furan rings is 1. The molecule has 3 rings (SSSR count). The van der Waals surface area contributed by atoms with Gasteiger partial charge in [-0.2, -0.15) is 0 Å². The van der Waals surface area contributed by atoms with Gasteiger partial charge in [0.2, 0.25) is 11.8 Å². The van der Waals surface area contributed by atoms with Gasteiger partial charge in [-0.1, -0.05) is 31.2 Å². The van der Waals surface area contributed by atoms with Crippen molar-refractivity contribution in [1.29, 1.82) is 0 Å². The molecule has 0 saturated heterocycles. The number of methoxy groups -OCH3 is 1. The van der Waals surface area contributed by atoms with E-state index in [2.05, 4.69) is 6.92 Å². The highest BCUT2D eigenvalue weighted by molar-refractivity contribution is 6.03. The van der Waals surface area contributed by atoms with Crippen LogP contribution in [-0.4, -0.2) is 44.5 Å². The monoisotopic (exact) mass is 455 g/mol. The fraction of sp³-hybridized carbons (Fsp3) is 0.500. The third-order valence-corrected chi connectivity index (χ3v) is 6.18. The Morgan fingerprint density at radius 2 is 1.76 bits per heavy atom. The number of carbonyl (C=O) groups is 3. The molecule has 0 atom stereocenters. The number of benzene rings is 1. The predicted octanol–water partition coefficient (Wildman–Crippen LogP) is 5.13. The minimum Gasteiger partial charge on any atom is -0.462 e. The van der Waals surface area contributed by atoms with Crippen molar-refractivity contribution in [3.8, 4) is 11.3 Å². The molecular formula is C26H33NO6. The van der Waals surface area contributed by atoms with E-state index in [1.54, 1.807) is 44.4 Å². The molecule has 0 unspecified atom stereocenters. The van der Waals surface area contributed by atoms with Crippen LogP contribution in [0.25, 0.3) is 11.3 Å². The van der Waals surface area contributed by atoms with Crippen LogP contribution in [0, 0.1) is 11.8 Å². The molecule has 1 aliphatic rings. The molecule has 1 fully saturated rings. The normalized spacial score (nSPS) is 18.1. The van der Waals surface area contributed by atoms with Crippen molar-refractivity contribution >= 4 is 23.5 Å². The average Bonchev–Trinajstić information content (AvgIpc) is 3.25. The first kappa shape index (κ1) is 24.7. The third-order valence-electron chi connectivity index (χ3n) is 6.18. The lowest BCUT2D eigenvalue weighted by Crippen LogP contribution is -2.40. The zero-order chi connectivity index (χ0) is 24.0. The molecule has 1 saturated carbocycles. The number of carbonyl (C=O) groups excluding carboxylic acids is 3. The summed E-state index contributed by atoms with van der Waals surface area (Å²) in [5, 5.41) is 0. The highest BCUT2D eigenvalue weighted by Gasteiger charge is 2.33. The zero-order valence-electron chi connectivity index (χ0n) is 19.9. The standard InChI is InChI=1S/C26H33NO6/c1-5-32-26(30)22-16-23(20-12-10-19(11-13-20)18(3)28)33-25(22)27(14-15-31-4)24(29)21-8-6-17(2)7-9-21/h10-13,16-17,21H,5-9,14-15H2,1-4H3. The van der Waals surface area contributed by atoms with Crippen LogP contribution in [0.15, 0.2) is 34.7 Å². The highest BCUT2D eigenvalue weighted by atomic mass is 16.5. The van der Waals surface area contributed by atoms with Crippen molar-refractivity contribution in [3.05, 3.63) is 41.5 Å². The van der Waals surface area contributed by atoms with Crippen molar-refractivity contribution < 1.29 is 28.3 Å². The number of ketones is 1. The van der Waals surface area contributed by atoms with Crippen LogP contribution < -0.4 is 4.90 Å². The number of ether oxygens (including phenoxy) is 2. The Kier molecular flexibility index (Phi) is 8.44. The second-order valence-electron chi connectivity index (χ2n) is 8.62. The highest BCUT2D eigenvalue weighted by Crippen LogP contribution is 2.36. The summed E-state index contributed by atoms with van der Waals surface area (Å²) in [6, 6.07) is 8.55.